The second-order valence-corrected chi connectivity index (χ2v) is 6.10. The second-order valence-electron chi connectivity index (χ2n) is 4.70. The zero-order valence-corrected chi connectivity index (χ0v) is 12.2. The van der Waals surface area contributed by atoms with Gasteiger partial charge in [-0.1, -0.05) is 19.1 Å². The lowest BCUT2D eigenvalue weighted by Crippen LogP contribution is -2.38. The first-order valence-corrected chi connectivity index (χ1v) is 7.72. The molecule has 0 aromatic heterocycles. The minimum absolute atomic E-state index is 0.292. The van der Waals surface area contributed by atoms with Gasteiger partial charge in [0.05, 0.1) is 5.69 Å². The third-order valence-electron chi connectivity index (χ3n) is 3.33. The lowest BCUT2D eigenvalue weighted by molar-refractivity contribution is -0.131. The Morgan fingerprint density at radius 1 is 1.60 bits per heavy atom. The molecule has 0 radical (unpaired) electrons. The molecule has 1 aliphatic rings. The van der Waals surface area contributed by atoms with E-state index < -0.39 is 5.97 Å². The summed E-state index contributed by atoms with van der Waals surface area (Å²) in [5, 5.41) is 9.23. The van der Waals surface area contributed by atoms with E-state index in [1.165, 1.54) is 12.1 Å². The highest BCUT2D eigenvalue weighted by atomic mass is 32.2. The average Bonchev–Trinajstić information content (AvgIpc) is 2.45. The second kappa shape index (κ2) is 6.79. The fourth-order valence-corrected chi connectivity index (χ4v) is 3.51. The topological polar surface area (TPSA) is 40.5 Å². The Morgan fingerprint density at radius 3 is 3.10 bits per heavy atom. The maximum absolute atomic E-state index is 14.2. The van der Waals surface area contributed by atoms with Crippen molar-refractivity contribution in [3.63, 3.8) is 0 Å². The lowest BCUT2D eigenvalue weighted by Gasteiger charge is -2.34. The molecule has 1 heterocycles. The number of benzene rings is 1. The molecule has 1 fully saturated rings. The number of anilines is 1. The minimum atomic E-state index is -1.03. The smallest absolute Gasteiger partial charge is 0.328 e. The maximum atomic E-state index is 14.2. The van der Waals surface area contributed by atoms with E-state index in [0.717, 1.165) is 31.3 Å². The van der Waals surface area contributed by atoms with Crippen LogP contribution < -0.4 is 4.90 Å². The van der Waals surface area contributed by atoms with Crippen molar-refractivity contribution in [2.75, 3.05) is 23.7 Å². The summed E-state index contributed by atoms with van der Waals surface area (Å²) in [5.74, 6) is -0.352. The van der Waals surface area contributed by atoms with Crippen LogP contribution in [-0.2, 0) is 4.79 Å². The van der Waals surface area contributed by atoms with E-state index in [2.05, 4.69) is 6.92 Å². The maximum Gasteiger partial charge on any atom is 0.328 e. The van der Waals surface area contributed by atoms with E-state index in [1.54, 1.807) is 12.1 Å². The fourth-order valence-electron chi connectivity index (χ4n) is 2.33. The number of para-hydroxylation sites is 1. The van der Waals surface area contributed by atoms with Crippen LogP contribution in [0, 0.1) is 5.82 Å². The largest absolute Gasteiger partial charge is 0.478 e. The molecule has 1 unspecified atom stereocenters. The first kappa shape index (κ1) is 14.9. The molecule has 0 saturated carbocycles. The lowest BCUT2D eigenvalue weighted by atomic mass is 10.1. The van der Waals surface area contributed by atoms with Crippen molar-refractivity contribution in [2.24, 2.45) is 0 Å². The molecule has 5 heteroatoms. The minimum Gasteiger partial charge on any atom is -0.478 e. The van der Waals surface area contributed by atoms with Crippen LogP contribution in [0.5, 0.6) is 0 Å². The number of nitrogens with zero attached hydrogens (tertiary/aromatic N) is 1. The molecule has 1 aliphatic heterocycles. The summed E-state index contributed by atoms with van der Waals surface area (Å²) < 4.78 is 14.2. The number of carboxylic acid groups (broad SMARTS) is 1. The Kier molecular flexibility index (Phi) is 5.06. The summed E-state index contributed by atoms with van der Waals surface area (Å²) in [6.07, 6.45) is 3.56. The van der Waals surface area contributed by atoms with Crippen molar-refractivity contribution in [3.8, 4) is 0 Å². The van der Waals surface area contributed by atoms with Crippen LogP contribution in [0.25, 0.3) is 6.08 Å². The quantitative estimate of drug-likeness (QED) is 0.866. The molecular weight excluding hydrogens is 277 g/mol. The van der Waals surface area contributed by atoms with Crippen LogP contribution in [0.15, 0.2) is 24.3 Å². The number of hydrogen-bond acceptors (Lipinski definition) is 3. The molecule has 1 N–H and O–H groups in total. The zero-order valence-electron chi connectivity index (χ0n) is 11.4. The highest BCUT2D eigenvalue weighted by Crippen LogP contribution is 2.31. The molecule has 1 saturated heterocycles. The number of carboxylic acids is 1. The molecule has 3 nitrogen and oxygen atoms in total. The molecule has 1 aromatic rings. The van der Waals surface area contributed by atoms with Gasteiger partial charge >= 0.3 is 5.97 Å². The summed E-state index contributed by atoms with van der Waals surface area (Å²) >= 11 is 1.92. The van der Waals surface area contributed by atoms with Gasteiger partial charge < -0.3 is 10.0 Å². The van der Waals surface area contributed by atoms with Crippen LogP contribution >= 0.6 is 11.8 Å². The van der Waals surface area contributed by atoms with Crippen molar-refractivity contribution in [3.05, 3.63) is 35.7 Å². The van der Waals surface area contributed by atoms with Crippen molar-refractivity contribution in [1.82, 2.24) is 0 Å². The molecule has 0 aliphatic carbocycles. The van der Waals surface area contributed by atoms with E-state index in [0.29, 0.717) is 16.5 Å². The summed E-state index contributed by atoms with van der Waals surface area (Å²) in [4.78, 5) is 12.7. The third kappa shape index (κ3) is 3.54. The van der Waals surface area contributed by atoms with E-state index in [-0.39, 0.29) is 5.82 Å². The Hall–Kier alpha value is -1.49. The molecule has 1 aromatic carbocycles. The predicted molar refractivity (Wildman–Crippen MR) is 81.8 cm³/mol. The molecule has 0 amide bonds. The van der Waals surface area contributed by atoms with Gasteiger partial charge in [0.1, 0.15) is 5.82 Å². The van der Waals surface area contributed by atoms with Crippen molar-refractivity contribution in [1.29, 1.82) is 0 Å². The number of rotatable bonds is 4. The summed E-state index contributed by atoms with van der Waals surface area (Å²) in [6, 6.07) is 4.78. The molecule has 0 bridgehead atoms. The number of halogens is 1. The highest BCUT2D eigenvalue weighted by Gasteiger charge is 2.22. The van der Waals surface area contributed by atoms with Crippen LogP contribution in [0.1, 0.15) is 18.9 Å². The van der Waals surface area contributed by atoms with Gasteiger partial charge in [-0.25, -0.2) is 9.18 Å². The predicted octanol–water partition coefficient (Wildman–Crippen LogP) is 3.26. The first-order valence-electron chi connectivity index (χ1n) is 6.68. The molecule has 2 rings (SSSR count). The van der Waals surface area contributed by atoms with Gasteiger partial charge in [-0.2, -0.15) is 11.8 Å². The Morgan fingerprint density at radius 2 is 2.40 bits per heavy atom. The molecule has 0 spiro atoms. The highest BCUT2D eigenvalue weighted by molar-refractivity contribution is 8.00. The Balaban J connectivity index is 2.31. The number of hydrogen-bond donors (Lipinski definition) is 1. The average molecular weight is 295 g/mol. The van der Waals surface area contributed by atoms with Gasteiger partial charge in [0, 0.05) is 35.7 Å². The molecule has 108 valence electrons. The van der Waals surface area contributed by atoms with Gasteiger partial charge in [-0.15, -0.1) is 0 Å². The third-order valence-corrected chi connectivity index (χ3v) is 4.71. The Bertz CT molecular complexity index is 519. The van der Waals surface area contributed by atoms with Gasteiger partial charge in [0.2, 0.25) is 0 Å². The van der Waals surface area contributed by atoms with E-state index in [9.17, 15) is 9.18 Å². The van der Waals surface area contributed by atoms with E-state index in [1.807, 2.05) is 16.7 Å². The van der Waals surface area contributed by atoms with Crippen LogP contribution in [-0.4, -0.2) is 35.2 Å². The van der Waals surface area contributed by atoms with Crippen molar-refractivity contribution >= 4 is 29.5 Å². The standard InChI is InChI=1S/C15H18FNO2S/c1-2-12-10-17(8-9-20-12)15-11(6-7-14(18)19)4-3-5-13(15)16/h3-7,12H,2,8-10H2,1H3,(H,18,19)/b7-6+. The molecular formula is C15H18FNO2S. The zero-order chi connectivity index (χ0) is 14.5. The number of aliphatic carboxylic acids is 1. The molecule has 20 heavy (non-hydrogen) atoms. The fraction of sp³-hybridized carbons (Fsp3) is 0.400. The summed E-state index contributed by atoms with van der Waals surface area (Å²) in [7, 11) is 0. The van der Waals surface area contributed by atoms with Crippen molar-refractivity contribution in [2.45, 2.75) is 18.6 Å². The normalized spacial score (nSPS) is 19.5. The van der Waals surface area contributed by atoms with Gasteiger partial charge in [-0.05, 0) is 18.6 Å². The van der Waals surface area contributed by atoms with Gasteiger partial charge in [0.15, 0.2) is 0 Å². The molecule has 1 atom stereocenters. The number of carbonyl (C=O) groups is 1. The number of thioether (sulfide) groups is 1. The van der Waals surface area contributed by atoms with Crippen LogP contribution in [0.3, 0.4) is 0 Å². The van der Waals surface area contributed by atoms with Gasteiger partial charge in [0.25, 0.3) is 0 Å². The van der Waals surface area contributed by atoms with Gasteiger partial charge in [-0.3, -0.25) is 0 Å². The SMILES string of the molecule is CCC1CN(c2c(F)cccc2/C=C/C(=O)O)CCS1. The Labute approximate surface area is 122 Å². The monoisotopic (exact) mass is 295 g/mol. The summed E-state index contributed by atoms with van der Waals surface area (Å²) in [5.41, 5.74) is 1.14. The van der Waals surface area contributed by atoms with Crippen LogP contribution in [0.4, 0.5) is 10.1 Å². The van der Waals surface area contributed by atoms with E-state index in [4.69, 9.17) is 5.11 Å². The summed E-state index contributed by atoms with van der Waals surface area (Å²) in [6.45, 7) is 3.72. The first-order chi connectivity index (χ1) is 9.61. The van der Waals surface area contributed by atoms with E-state index >= 15 is 0 Å². The van der Waals surface area contributed by atoms with Crippen molar-refractivity contribution < 1.29 is 14.3 Å². The van der Waals surface area contributed by atoms with Crippen LogP contribution in [0.2, 0.25) is 0 Å².